The van der Waals surface area contributed by atoms with Crippen molar-refractivity contribution in [3.8, 4) is 5.75 Å². The van der Waals surface area contributed by atoms with Crippen molar-refractivity contribution in [1.82, 2.24) is 4.98 Å². The third-order valence-electron chi connectivity index (χ3n) is 2.02. The minimum Gasteiger partial charge on any atom is -0.487 e. The molecule has 0 amide bonds. The number of para-hydroxylation sites is 1. The minimum atomic E-state index is -0.0149. The van der Waals surface area contributed by atoms with Gasteiger partial charge in [-0.25, -0.2) is 0 Å². The highest BCUT2D eigenvalue weighted by Crippen LogP contribution is 2.31. The minimum absolute atomic E-state index is 0.0149. The molecule has 0 aliphatic rings. The van der Waals surface area contributed by atoms with E-state index in [-0.39, 0.29) is 13.2 Å². The molecule has 0 aliphatic carbocycles. The first-order valence-electron chi connectivity index (χ1n) is 4.43. The molecule has 0 saturated heterocycles. The summed E-state index contributed by atoms with van der Waals surface area (Å²) in [4.78, 5) is 3.01. The van der Waals surface area contributed by atoms with Crippen LogP contribution in [0.15, 0.2) is 24.3 Å². The lowest BCUT2D eigenvalue weighted by Crippen LogP contribution is -2.02. The highest BCUT2D eigenvalue weighted by molar-refractivity contribution is 5.91. The van der Waals surface area contributed by atoms with Crippen LogP contribution in [0.4, 0.5) is 5.82 Å². The Labute approximate surface area is 81.3 Å². The Morgan fingerprint density at radius 2 is 2.14 bits per heavy atom. The number of H-pyrrole nitrogens is 1. The number of rotatable bonds is 3. The fraction of sp³-hybridized carbons (Fsp3) is 0.200. The summed E-state index contributed by atoms with van der Waals surface area (Å²) < 4.78 is 5.33. The summed E-state index contributed by atoms with van der Waals surface area (Å²) in [5.41, 5.74) is 6.67. The van der Waals surface area contributed by atoms with E-state index in [1.54, 1.807) is 0 Å². The van der Waals surface area contributed by atoms with E-state index in [2.05, 4.69) is 4.98 Å². The summed E-state index contributed by atoms with van der Waals surface area (Å²) >= 11 is 0. The van der Waals surface area contributed by atoms with Crippen molar-refractivity contribution in [3.05, 3.63) is 24.3 Å². The zero-order valence-corrected chi connectivity index (χ0v) is 7.66. The SMILES string of the molecule is Nc1[nH]c2ccccc2c1OCCO. The van der Waals surface area contributed by atoms with Gasteiger partial charge in [0.15, 0.2) is 5.75 Å². The summed E-state index contributed by atoms with van der Waals surface area (Å²) in [7, 11) is 0. The number of nitrogens with one attached hydrogen (secondary N) is 1. The van der Waals surface area contributed by atoms with Crippen LogP contribution in [0.5, 0.6) is 5.75 Å². The summed E-state index contributed by atoms with van der Waals surface area (Å²) in [5, 5.41) is 9.60. The van der Waals surface area contributed by atoms with Crippen molar-refractivity contribution < 1.29 is 9.84 Å². The van der Waals surface area contributed by atoms with Crippen molar-refractivity contribution in [3.63, 3.8) is 0 Å². The number of nitrogens with two attached hydrogens (primary N) is 1. The lowest BCUT2D eigenvalue weighted by molar-refractivity contribution is 0.203. The maximum atomic E-state index is 8.65. The number of ether oxygens (including phenoxy) is 1. The van der Waals surface area contributed by atoms with Gasteiger partial charge in [0, 0.05) is 5.39 Å². The molecular formula is C10H12N2O2. The normalized spacial score (nSPS) is 10.6. The smallest absolute Gasteiger partial charge is 0.168 e. The first-order valence-corrected chi connectivity index (χ1v) is 4.43. The zero-order chi connectivity index (χ0) is 9.97. The van der Waals surface area contributed by atoms with Crippen molar-refractivity contribution >= 4 is 16.7 Å². The molecular weight excluding hydrogens is 180 g/mol. The first-order chi connectivity index (χ1) is 6.83. The lowest BCUT2D eigenvalue weighted by Gasteiger charge is -2.02. The van der Waals surface area contributed by atoms with Crippen LogP contribution in [0.3, 0.4) is 0 Å². The average molecular weight is 192 g/mol. The van der Waals surface area contributed by atoms with Crippen LogP contribution in [0.1, 0.15) is 0 Å². The number of aromatic amines is 1. The fourth-order valence-corrected chi connectivity index (χ4v) is 1.44. The fourth-order valence-electron chi connectivity index (χ4n) is 1.44. The number of aliphatic hydroxyl groups is 1. The van der Waals surface area contributed by atoms with Gasteiger partial charge in [0.05, 0.1) is 12.1 Å². The van der Waals surface area contributed by atoms with Crippen LogP contribution in [-0.4, -0.2) is 23.3 Å². The molecule has 1 heterocycles. The van der Waals surface area contributed by atoms with E-state index in [1.165, 1.54) is 0 Å². The summed E-state index contributed by atoms with van der Waals surface area (Å²) in [5.74, 6) is 1.12. The number of aliphatic hydroxyl groups excluding tert-OH is 1. The van der Waals surface area contributed by atoms with Gasteiger partial charge in [0.2, 0.25) is 0 Å². The van der Waals surface area contributed by atoms with E-state index < -0.39 is 0 Å². The van der Waals surface area contributed by atoms with Crippen molar-refractivity contribution in [1.29, 1.82) is 0 Å². The Morgan fingerprint density at radius 3 is 2.93 bits per heavy atom. The van der Waals surface area contributed by atoms with E-state index >= 15 is 0 Å². The predicted molar refractivity (Wildman–Crippen MR) is 55.3 cm³/mol. The number of aromatic nitrogens is 1. The lowest BCUT2D eigenvalue weighted by atomic mass is 10.2. The van der Waals surface area contributed by atoms with Crippen LogP contribution in [0, 0.1) is 0 Å². The quantitative estimate of drug-likeness (QED) is 0.682. The molecule has 0 spiro atoms. The molecule has 0 radical (unpaired) electrons. The second kappa shape index (κ2) is 3.59. The summed E-state index contributed by atoms with van der Waals surface area (Å²) in [6.07, 6.45) is 0. The maximum absolute atomic E-state index is 8.65. The van der Waals surface area contributed by atoms with Crippen LogP contribution < -0.4 is 10.5 Å². The van der Waals surface area contributed by atoms with Crippen LogP contribution in [0.25, 0.3) is 10.9 Å². The zero-order valence-electron chi connectivity index (χ0n) is 7.66. The molecule has 74 valence electrons. The van der Waals surface area contributed by atoms with Gasteiger partial charge < -0.3 is 20.6 Å². The van der Waals surface area contributed by atoms with E-state index in [0.29, 0.717) is 11.6 Å². The topological polar surface area (TPSA) is 71.3 Å². The largest absolute Gasteiger partial charge is 0.487 e. The Hall–Kier alpha value is -1.68. The second-order valence-electron chi connectivity index (χ2n) is 2.99. The van der Waals surface area contributed by atoms with Gasteiger partial charge in [-0.1, -0.05) is 12.1 Å². The molecule has 0 aliphatic heterocycles. The standard InChI is InChI=1S/C10H12N2O2/c11-10-9(14-6-5-13)7-3-1-2-4-8(7)12-10/h1-4,12-13H,5-6,11H2. The van der Waals surface area contributed by atoms with Crippen molar-refractivity contribution in [2.24, 2.45) is 0 Å². The summed E-state index contributed by atoms with van der Waals surface area (Å²) in [6, 6.07) is 7.70. The Balaban J connectivity index is 2.45. The van der Waals surface area contributed by atoms with Crippen LogP contribution in [-0.2, 0) is 0 Å². The third-order valence-corrected chi connectivity index (χ3v) is 2.02. The van der Waals surface area contributed by atoms with Gasteiger partial charge >= 0.3 is 0 Å². The highest BCUT2D eigenvalue weighted by atomic mass is 16.5. The molecule has 4 nitrogen and oxygen atoms in total. The Morgan fingerprint density at radius 1 is 1.36 bits per heavy atom. The number of fused-ring (bicyclic) bond motifs is 1. The first kappa shape index (κ1) is 8.90. The third kappa shape index (κ3) is 1.40. The van der Waals surface area contributed by atoms with E-state index in [1.807, 2.05) is 24.3 Å². The van der Waals surface area contributed by atoms with Crippen molar-refractivity contribution in [2.75, 3.05) is 18.9 Å². The van der Waals surface area contributed by atoms with Gasteiger partial charge in [-0.2, -0.15) is 0 Å². The molecule has 14 heavy (non-hydrogen) atoms. The van der Waals surface area contributed by atoms with E-state index in [4.69, 9.17) is 15.6 Å². The van der Waals surface area contributed by atoms with E-state index in [0.717, 1.165) is 10.9 Å². The average Bonchev–Trinajstić information content (AvgIpc) is 2.51. The molecule has 0 fully saturated rings. The van der Waals surface area contributed by atoms with Crippen LogP contribution in [0.2, 0.25) is 0 Å². The highest BCUT2D eigenvalue weighted by Gasteiger charge is 2.08. The molecule has 1 aromatic carbocycles. The van der Waals surface area contributed by atoms with Crippen molar-refractivity contribution in [2.45, 2.75) is 0 Å². The number of anilines is 1. The molecule has 2 rings (SSSR count). The van der Waals surface area contributed by atoms with Gasteiger partial charge in [-0.3, -0.25) is 0 Å². The number of hydrogen-bond donors (Lipinski definition) is 3. The molecule has 0 atom stereocenters. The molecule has 0 bridgehead atoms. The second-order valence-corrected chi connectivity index (χ2v) is 2.99. The molecule has 1 aromatic heterocycles. The van der Waals surface area contributed by atoms with Gasteiger partial charge in [0.1, 0.15) is 12.4 Å². The molecule has 0 unspecified atom stereocenters. The Bertz CT molecular complexity index is 437. The molecule has 4 heteroatoms. The summed E-state index contributed by atoms with van der Waals surface area (Å²) in [6.45, 7) is 0.241. The van der Waals surface area contributed by atoms with Gasteiger partial charge in [-0.15, -0.1) is 0 Å². The van der Waals surface area contributed by atoms with Gasteiger partial charge in [-0.05, 0) is 12.1 Å². The van der Waals surface area contributed by atoms with E-state index in [9.17, 15) is 0 Å². The predicted octanol–water partition coefficient (Wildman–Crippen LogP) is 1.12. The van der Waals surface area contributed by atoms with Crippen LogP contribution >= 0.6 is 0 Å². The monoisotopic (exact) mass is 192 g/mol. The maximum Gasteiger partial charge on any atom is 0.168 e. The number of benzene rings is 1. The molecule has 4 N–H and O–H groups in total. The number of hydrogen-bond acceptors (Lipinski definition) is 3. The Kier molecular flexibility index (Phi) is 2.28. The molecule has 2 aromatic rings. The number of nitrogen functional groups attached to an aromatic ring is 1. The van der Waals surface area contributed by atoms with Gasteiger partial charge in [0.25, 0.3) is 0 Å². The molecule has 0 saturated carbocycles.